The second-order valence-corrected chi connectivity index (χ2v) is 10.4. The first-order valence-electron chi connectivity index (χ1n) is 8.39. The van der Waals surface area contributed by atoms with Gasteiger partial charge in [0.2, 0.25) is 9.74 Å². The quantitative estimate of drug-likeness (QED) is 0.545. The highest BCUT2D eigenvalue weighted by Gasteiger charge is 2.28. The van der Waals surface area contributed by atoms with Gasteiger partial charge in [-0.3, -0.25) is 4.98 Å². The van der Waals surface area contributed by atoms with Crippen LogP contribution in [0.15, 0.2) is 53.7 Å². The van der Waals surface area contributed by atoms with Gasteiger partial charge < -0.3 is 5.32 Å². The minimum Gasteiger partial charge on any atom is -0.354 e. The lowest BCUT2D eigenvalue weighted by Gasteiger charge is -2.13. The molecule has 2 heterocycles. The van der Waals surface area contributed by atoms with Gasteiger partial charge in [-0.25, -0.2) is 13.4 Å². The zero-order chi connectivity index (χ0) is 21.1. The molecule has 0 aliphatic carbocycles. The first kappa shape index (κ1) is 21.7. The molecule has 0 bridgehead atoms. The molecular weight excluding hydrogens is 457 g/mol. The minimum atomic E-state index is -3.31. The third-order valence-corrected chi connectivity index (χ3v) is 5.51. The number of aromatic nitrogens is 4. The fourth-order valence-electron chi connectivity index (χ4n) is 2.43. The Balaban J connectivity index is 1.87. The summed E-state index contributed by atoms with van der Waals surface area (Å²) in [7, 11) is -3.31. The van der Waals surface area contributed by atoms with Crippen molar-refractivity contribution in [3.8, 4) is 11.4 Å². The molecule has 7 nitrogen and oxygen atoms in total. The molecule has 2 aromatic heterocycles. The van der Waals surface area contributed by atoms with Gasteiger partial charge in [0.15, 0.2) is 21.5 Å². The molecule has 3 rings (SSSR count). The van der Waals surface area contributed by atoms with Crippen molar-refractivity contribution in [1.82, 2.24) is 19.9 Å². The van der Waals surface area contributed by atoms with E-state index in [-0.39, 0.29) is 22.5 Å². The van der Waals surface area contributed by atoms with E-state index in [1.807, 2.05) is 12.1 Å². The standard InChI is InChI=1S/C18H16Cl3N5O2S/c1-29(27,28)14-4-2-13(3-5-14)15-24-16(18(19,20)21)26-17(25-15)23-11-8-12-6-9-22-10-7-12/h2-7,9-10H,8,11H2,1H3,(H,23,24,25,26). The van der Waals surface area contributed by atoms with E-state index in [0.717, 1.165) is 18.2 Å². The normalized spacial score (nSPS) is 12.0. The number of alkyl halides is 3. The van der Waals surface area contributed by atoms with Crippen LogP contribution in [-0.4, -0.2) is 41.2 Å². The van der Waals surface area contributed by atoms with Crippen molar-refractivity contribution in [2.24, 2.45) is 0 Å². The average Bonchev–Trinajstić information content (AvgIpc) is 2.67. The molecule has 3 aromatic rings. The van der Waals surface area contributed by atoms with Gasteiger partial charge in [-0.2, -0.15) is 9.97 Å². The van der Waals surface area contributed by atoms with E-state index in [0.29, 0.717) is 12.1 Å². The Morgan fingerprint density at radius 3 is 2.21 bits per heavy atom. The topological polar surface area (TPSA) is 97.7 Å². The number of hydrogen-bond donors (Lipinski definition) is 1. The van der Waals surface area contributed by atoms with E-state index in [9.17, 15) is 8.42 Å². The molecule has 0 spiro atoms. The lowest BCUT2D eigenvalue weighted by molar-refractivity contribution is 0.602. The predicted molar refractivity (Wildman–Crippen MR) is 114 cm³/mol. The van der Waals surface area contributed by atoms with Crippen molar-refractivity contribution in [3.05, 3.63) is 60.2 Å². The van der Waals surface area contributed by atoms with Crippen LogP contribution in [0.5, 0.6) is 0 Å². The van der Waals surface area contributed by atoms with E-state index >= 15 is 0 Å². The number of anilines is 1. The van der Waals surface area contributed by atoms with Crippen molar-refractivity contribution in [1.29, 1.82) is 0 Å². The number of benzene rings is 1. The molecule has 0 amide bonds. The van der Waals surface area contributed by atoms with E-state index in [1.54, 1.807) is 24.5 Å². The van der Waals surface area contributed by atoms with Crippen molar-refractivity contribution >= 4 is 50.6 Å². The third kappa shape index (κ3) is 5.99. The molecule has 0 atom stereocenters. The largest absolute Gasteiger partial charge is 0.354 e. The summed E-state index contributed by atoms with van der Waals surface area (Å²) >= 11 is 17.9. The highest BCUT2D eigenvalue weighted by Crippen LogP contribution is 2.36. The van der Waals surface area contributed by atoms with Crippen molar-refractivity contribution in [3.63, 3.8) is 0 Å². The van der Waals surface area contributed by atoms with E-state index in [2.05, 4.69) is 25.3 Å². The van der Waals surface area contributed by atoms with Crippen LogP contribution in [0.3, 0.4) is 0 Å². The summed E-state index contributed by atoms with van der Waals surface area (Å²) in [6, 6.07) is 9.95. The first-order valence-corrected chi connectivity index (χ1v) is 11.4. The van der Waals surface area contributed by atoms with Crippen LogP contribution >= 0.6 is 34.8 Å². The van der Waals surface area contributed by atoms with Crippen LogP contribution in [0.2, 0.25) is 0 Å². The summed E-state index contributed by atoms with van der Waals surface area (Å²) in [5.74, 6) is 0.469. The van der Waals surface area contributed by atoms with E-state index in [4.69, 9.17) is 34.8 Å². The molecule has 1 N–H and O–H groups in total. The van der Waals surface area contributed by atoms with Gasteiger partial charge in [0.25, 0.3) is 0 Å². The van der Waals surface area contributed by atoms with Crippen molar-refractivity contribution in [2.75, 3.05) is 18.1 Å². The number of pyridine rings is 1. The molecule has 0 fully saturated rings. The molecule has 0 aliphatic heterocycles. The molecule has 0 saturated carbocycles. The van der Waals surface area contributed by atoms with Crippen LogP contribution in [0.25, 0.3) is 11.4 Å². The second-order valence-electron chi connectivity index (χ2n) is 6.13. The van der Waals surface area contributed by atoms with Gasteiger partial charge in [0.05, 0.1) is 4.90 Å². The molecular formula is C18H16Cl3N5O2S. The highest BCUT2D eigenvalue weighted by molar-refractivity contribution is 7.90. The van der Waals surface area contributed by atoms with Crippen LogP contribution in [0.4, 0.5) is 5.95 Å². The summed E-state index contributed by atoms with van der Waals surface area (Å²) in [5.41, 5.74) is 1.66. The summed E-state index contributed by atoms with van der Waals surface area (Å²) in [6.45, 7) is 0.541. The molecule has 152 valence electrons. The van der Waals surface area contributed by atoms with Gasteiger partial charge in [-0.1, -0.05) is 34.8 Å². The lowest BCUT2D eigenvalue weighted by atomic mass is 10.2. The van der Waals surface area contributed by atoms with Gasteiger partial charge >= 0.3 is 0 Å². The molecule has 29 heavy (non-hydrogen) atoms. The fourth-order valence-corrected chi connectivity index (χ4v) is 3.31. The third-order valence-electron chi connectivity index (χ3n) is 3.88. The van der Waals surface area contributed by atoms with Gasteiger partial charge in [0, 0.05) is 30.8 Å². The molecule has 0 unspecified atom stereocenters. The monoisotopic (exact) mass is 471 g/mol. The summed E-state index contributed by atoms with van der Waals surface area (Å²) < 4.78 is 21.5. The number of halogens is 3. The van der Waals surface area contributed by atoms with E-state index < -0.39 is 13.6 Å². The zero-order valence-electron chi connectivity index (χ0n) is 15.2. The Morgan fingerprint density at radius 1 is 0.966 bits per heavy atom. The fraction of sp³-hybridized carbons (Fsp3) is 0.222. The highest BCUT2D eigenvalue weighted by atomic mass is 35.6. The maximum atomic E-state index is 11.6. The lowest BCUT2D eigenvalue weighted by Crippen LogP contribution is -2.15. The number of rotatable bonds is 6. The first-order chi connectivity index (χ1) is 13.6. The Labute approximate surface area is 183 Å². The smallest absolute Gasteiger partial charge is 0.250 e. The molecule has 0 saturated heterocycles. The zero-order valence-corrected chi connectivity index (χ0v) is 18.3. The number of hydrogen-bond acceptors (Lipinski definition) is 7. The maximum Gasteiger partial charge on any atom is 0.250 e. The van der Waals surface area contributed by atoms with Gasteiger partial charge in [-0.05, 0) is 48.4 Å². The second kappa shape index (κ2) is 8.79. The molecule has 0 aliphatic rings. The van der Waals surface area contributed by atoms with Crippen molar-refractivity contribution in [2.45, 2.75) is 15.1 Å². The molecule has 11 heteroatoms. The van der Waals surface area contributed by atoms with Gasteiger partial charge in [0.1, 0.15) is 0 Å². The summed E-state index contributed by atoms with van der Waals surface area (Å²) in [5, 5.41) is 3.10. The van der Waals surface area contributed by atoms with Crippen molar-refractivity contribution < 1.29 is 8.42 Å². The Bertz CT molecular complexity index is 1090. The van der Waals surface area contributed by atoms with Gasteiger partial charge in [-0.15, -0.1) is 0 Å². The summed E-state index contributed by atoms with van der Waals surface area (Å²) in [6.07, 6.45) is 5.29. The average molecular weight is 473 g/mol. The van der Waals surface area contributed by atoms with Crippen LogP contribution in [0.1, 0.15) is 11.4 Å². The summed E-state index contributed by atoms with van der Waals surface area (Å²) in [4.78, 5) is 16.9. The molecule has 0 radical (unpaired) electrons. The number of sulfone groups is 1. The number of nitrogens with one attached hydrogen (secondary N) is 1. The SMILES string of the molecule is CS(=O)(=O)c1ccc(-c2nc(NCCc3ccncc3)nc(C(Cl)(Cl)Cl)n2)cc1. The Morgan fingerprint density at radius 2 is 1.62 bits per heavy atom. The van der Waals surface area contributed by atoms with Crippen LogP contribution in [0, 0.1) is 0 Å². The predicted octanol–water partition coefficient (Wildman–Crippen LogP) is 3.82. The maximum absolute atomic E-state index is 11.6. The van der Waals surface area contributed by atoms with Crippen LogP contribution < -0.4 is 5.32 Å². The number of nitrogens with zero attached hydrogens (tertiary/aromatic N) is 4. The Hall–Kier alpha value is -2.00. The molecule has 1 aromatic carbocycles. The minimum absolute atomic E-state index is 0.0360. The van der Waals surface area contributed by atoms with E-state index in [1.165, 1.54) is 12.1 Å². The van der Waals surface area contributed by atoms with Crippen LogP contribution in [-0.2, 0) is 20.1 Å². The Kier molecular flexibility index (Phi) is 6.58.